The van der Waals surface area contributed by atoms with Crippen molar-refractivity contribution in [2.75, 3.05) is 19.7 Å². The number of rotatable bonds is 6. The van der Waals surface area contributed by atoms with E-state index >= 15 is 0 Å². The summed E-state index contributed by atoms with van der Waals surface area (Å²) in [5.41, 5.74) is 1.42. The van der Waals surface area contributed by atoms with Gasteiger partial charge in [-0.05, 0) is 49.3 Å². The molecule has 1 aliphatic rings. The van der Waals surface area contributed by atoms with E-state index in [1.165, 1.54) is 5.56 Å². The van der Waals surface area contributed by atoms with Crippen LogP contribution in [-0.2, 0) is 15.0 Å². The number of amides is 1. The van der Waals surface area contributed by atoms with Crippen molar-refractivity contribution >= 4 is 11.7 Å². The normalized spacial score (nSPS) is 15.9. The summed E-state index contributed by atoms with van der Waals surface area (Å²) in [7, 11) is 0. The highest BCUT2D eigenvalue weighted by molar-refractivity contribution is 5.79. The first kappa shape index (κ1) is 19.5. The minimum absolute atomic E-state index is 0.140. The maximum absolute atomic E-state index is 12.2. The predicted molar refractivity (Wildman–Crippen MR) is 99.9 cm³/mol. The van der Waals surface area contributed by atoms with Crippen LogP contribution in [0, 0.1) is 5.92 Å². The van der Waals surface area contributed by atoms with Gasteiger partial charge >= 0.3 is 0 Å². The molecule has 1 heterocycles. The summed E-state index contributed by atoms with van der Waals surface area (Å²) in [5.74, 6) is 1.41. The van der Waals surface area contributed by atoms with Crippen LogP contribution in [0.5, 0.6) is 5.75 Å². The van der Waals surface area contributed by atoms with Gasteiger partial charge in [0.1, 0.15) is 11.5 Å². The summed E-state index contributed by atoms with van der Waals surface area (Å²) < 4.78 is 5.74. The molecule has 0 unspecified atom stereocenters. The van der Waals surface area contributed by atoms with E-state index in [2.05, 4.69) is 32.9 Å². The van der Waals surface area contributed by atoms with Crippen molar-refractivity contribution in [3.63, 3.8) is 0 Å². The summed E-state index contributed by atoms with van der Waals surface area (Å²) in [6.07, 6.45) is 2.83. The molecule has 1 fully saturated rings. The molecular weight excluding hydrogens is 314 g/mol. The Labute approximate surface area is 151 Å². The molecule has 25 heavy (non-hydrogen) atoms. The number of hydrogen-bond acceptors (Lipinski definition) is 3. The van der Waals surface area contributed by atoms with Gasteiger partial charge in [0.05, 0.1) is 6.61 Å². The van der Waals surface area contributed by atoms with Crippen molar-refractivity contribution in [1.82, 2.24) is 4.90 Å². The third-order valence-electron chi connectivity index (χ3n) is 4.95. The first-order valence-corrected chi connectivity index (χ1v) is 9.29. The molecule has 0 radical (unpaired) electrons. The molecule has 0 N–H and O–H groups in total. The van der Waals surface area contributed by atoms with Crippen LogP contribution < -0.4 is 4.74 Å². The molecule has 0 spiro atoms. The van der Waals surface area contributed by atoms with Gasteiger partial charge < -0.3 is 9.64 Å². The summed E-state index contributed by atoms with van der Waals surface area (Å²) in [6.45, 7) is 10.2. The Balaban J connectivity index is 1.67. The summed E-state index contributed by atoms with van der Waals surface area (Å²) in [5, 5.41) is 0. The van der Waals surface area contributed by atoms with Gasteiger partial charge in [-0.3, -0.25) is 9.59 Å². The first-order chi connectivity index (χ1) is 11.8. The van der Waals surface area contributed by atoms with Crippen LogP contribution in [-0.4, -0.2) is 36.3 Å². The summed E-state index contributed by atoms with van der Waals surface area (Å²) in [4.78, 5) is 25.5. The third-order valence-corrected chi connectivity index (χ3v) is 4.95. The largest absolute Gasteiger partial charge is 0.494 e. The second-order valence-electron chi connectivity index (χ2n) is 7.99. The first-order valence-electron chi connectivity index (χ1n) is 9.29. The number of piperidine rings is 1. The quantitative estimate of drug-likeness (QED) is 0.733. The molecule has 1 saturated heterocycles. The van der Waals surface area contributed by atoms with Gasteiger partial charge in [0.25, 0.3) is 0 Å². The van der Waals surface area contributed by atoms with Gasteiger partial charge in [-0.15, -0.1) is 0 Å². The lowest BCUT2D eigenvalue weighted by molar-refractivity contribution is -0.134. The third kappa shape index (κ3) is 5.87. The maximum atomic E-state index is 12.2. The van der Waals surface area contributed by atoms with Gasteiger partial charge in [0.15, 0.2) is 0 Å². The number of ether oxygens (including phenoxy) is 1. The highest BCUT2D eigenvalue weighted by Crippen LogP contribution is 2.24. The molecular formula is C21H31NO3. The van der Waals surface area contributed by atoms with Crippen LogP contribution >= 0.6 is 0 Å². The Hall–Kier alpha value is -1.84. The number of carbonyl (C=O) groups excluding carboxylic acids is 2. The molecule has 0 aliphatic carbocycles. The zero-order valence-electron chi connectivity index (χ0n) is 16.0. The lowest BCUT2D eigenvalue weighted by Gasteiger charge is -2.31. The zero-order valence-corrected chi connectivity index (χ0v) is 16.0. The average molecular weight is 345 g/mol. The van der Waals surface area contributed by atoms with Crippen LogP contribution in [0.1, 0.15) is 58.9 Å². The molecule has 138 valence electrons. The van der Waals surface area contributed by atoms with E-state index in [9.17, 15) is 9.59 Å². The van der Waals surface area contributed by atoms with Gasteiger partial charge in [0.2, 0.25) is 5.91 Å². The van der Waals surface area contributed by atoms with Gasteiger partial charge in [-0.25, -0.2) is 0 Å². The lowest BCUT2D eigenvalue weighted by Crippen LogP contribution is -2.39. The standard InChI is InChI=1S/C21H31NO3/c1-16(23)17-11-13-22(14-12-17)20(24)6-5-15-25-19-9-7-18(8-10-19)21(2,3)4/h7-10,17H,5-6,11-15H2,1-4H3. The van der Waals surface area contributed by atoms with Crippen LogP contribution in [0.15, 0.2) is 24.3 Å². The molecule has 1 aliphatic heterocycles. The number of benzene rings is 1. The topological polar surface area (TPSA) is 46.6 Å². The van der Waals surface area contributed by atoms with Gasteiger partial charge in [0, 0.05) is 25.4 Å². The van der Waals surface area contributed by atoms with E-state index in [1.54, 1.807) is 6.92 Å². The molecule has 1 aromatic rings. The molecule has 0 saturated carbocycles. The highest BCUT2D eigenvalue weighted by atomic mass is 16.5. The highest BCUT2D eigenvalue weighted by Gasteiger charge is 2.24. The predicted octanol–water partition coefficient (Wildman–Crippen LogP) is 3.97. The number of ketones is 1. The minimum atomic E-state index is 0.140. The van der Waals surface area contributed by atoms with Crippen molar-refractivity contribution in [2.24, 2.45) is 5.92 Å². The van der Waals surface area contributed by atoms with Crippen LogP contribution in [0.3, 0.4) is 0 Å². The number of hydrogen-bond donors (Lipinski definition) is 0. The Morgan fingerprint density at radius 1 is 1.12 bits per heavy atom. The van der Waals surface area contributed by atoms with E-state index in [-0.39, 0.29) is 23.0 Å². The van der Waals surface area contributed by atoms with Gasteiger partial charge in [-0.2, -0.15) is 0 Å². The van der Waals surface area contributed by atoms with Crippen molar-refractivity contribution in [3.8, 4) is 5.75 Å². The van der Waals surface area contributed by atoms with E-state index < -0.39 is 0 Å². The van der Waals surface area contributed by atoms with Crippen molar-refractivity contribution in [2.45, 2.75) is 58.8 Å². The smallest absolute Gasteiger partial charge is 0.222 e. The molecule has 0 atom stereocenters. The Bertz CT molecular complexity index is 578. The molecule has 0 aromatic heterocycles. The molecule has 0 bridgehead atoms. The Morgan fingerprint density at radius 2 is 1.72 bits per heavy atom. The summed E-state index contributed by atoms with van der Waals surface area (Å²) in [6, 6.07) is 8.18. The minimum Gasteiger partial charge on any atom is -0.494 e. The number of carbonyl (C=O) groups is 2. The second-order valence-corrected chi connectivity index (χ2v) is 7.99. The fourth-order valence-electron chi connectivity index (χ4n) is 3.16. The van der Waals surface area contributed by atoms with Crippen molar-refractivity contribution in [3.05, 3.63) is 29.8 Å². The van der Waals surface area contributed by atoms with Crippen molar-refractivity contribution < 1.29 is 14.3 Å². The van der Waals surface area contributed by atoms with E-state index in [0.717, 1.165) is 18.6 Å². The SMILES string of the molecule is CC(=O)C1CCN(C(=O)CCCOc2ccc(C(C)(C)C)cc2)CC1. The second kappa shape index (κ2) is 8.50. The molecule has 4 heteroatoms. The van der Waals surface area contributed by atoms with E-state index in [0.29, 0.717) is 32.5 Å². The Morgan fingerprint density at radius 3 is 2.24 bits per heavy atom. The molecule has 4 nitrogen and oxygen atoms in total. The number of nitrogens with zero attached hydrogens (tertiary/aromatic N) is 1. The fourth-order valence-corrected chi connectivity index (χ4v) is 3.16. The lowest BCUT2D eigenvalue weighted by atomic mass is 9.87. The Kier molecular flexibility index (Phi) is 6.63. The van der Waals surface area contributed by atoms with Crippen LogP contribution in [0.4, 0.5) is 0 Å². The summed E-state index contributed by atoms with van der Waals surface area (Å²) >= 11 is 0. The monoisotopic (exact) mass is 345 g/mol. The van der Waals surface area contributed by atoms with Gasteiger partial charge in [-0.1, -0.05) is 32.9 Å². The van der Waals surface area contributed by atoms with E-state index in [1.807, 2.05) is 17.0 Å². The van der Waals surface area contributed by atoms with Crippen LogP contribution in [0.2, 0.25) is 0 Å². The molecule has 1 aromatic carbocycles. The zero-order chi connectivity index (χ0) is 18.4. The number of likely N-dealkylation sites (tertiary alicyclic amines) is 1. The molecule has 1 amide bonds. The van der Waals surface area contributed by atoms with Crippen LogP contribution in [0.25, 0.3) is 0 Å². The van der Waals surface area contributed by atoms with Crippen molar-refractivity contribution in [1.29, 1.82) is 0 Å². The fraction of sp³-hybridized carbons (Fsp3) is 0.619. The molecule has 2 rings (SSSR count). The average Bonchev–Trinajstić information content (AvgIpc) is 2.58. The van der Waals surface area contributed by atoms with E-state index in [4.69, 9.17) is 4.74 Å². The number of Topliss-reactive ketones (excluding diaryl/α,β-unsaturated/α-hetero) is 1. The maximum Gasteiger partial charge on any atom is 0.222 e.